The van der Waals surface area contributed by atoms with Crippen molar-refractivity contribution in [3.05, 3.63) is 23.0 Å². The number of aryl methyl sites for hydroxylation is 2. The number of hydrogen-bond donors (Lipinski definition) is 0. The number of nitrogens with zero attached hydrogens (tertiary/aromatic N) is 2. The van der Waals surface area contributed by atoms with Crippen molar-refractivity contribution in [2.75, 3.05) is 0 Å². The van der Waals surface area contributed by atoms with Crippen molar-refractivity contribution in [3.63, 3.8) is 0 Å². The van der Waals surface area contributed by atoms with Crippen LogP contribution in [0.15, 0.2) is 6.07 Å². The van der Waals surface area contributed by atoms with Gasteiger partial charge >= 0.3 is 0 Å². The Labute approximate surface area is 122 Å². The maximum Gasteiger partial charge on any atom is 0.141 e. The van der Waals surface area contributed by atoms with E-state index in [2.05, 4.69) is 31.8 Å². The summed E-state index contributed by atoms with van der Waals surface area (Å²) in [6.45, 7) is 10.7. The Hall–Kier alpha value is -1.56. The summed E-state index contributed by atoms with van der Waals surface area (Å²) in [4.78, 5) is 4.34. The molecule has 2 rings (SSSR count). The second-order valence-electron chi connectivity index (χ2n) is 6.99. The van der Waals surface area contributed by atoms with Crippen molar-refractivity contribution in [3.8, 4) is 11.8 Å². The Morgan fingerprint density at radius 1 is 1.35 bits per heavy atom. The van der Waals surface area contributed by atoms with Gasteiger partial charge in [-0.25, -0.2) is 0 Å². The van der Waals surface area contributed by atoms with E-state index in [4.69, 9.17) is 4.74 Å². The Bertz CT molecular complexity index is 543. The molecule has 0 aliphatic heterocycles. The summed E-state index contributed by atoms with van der Waals surface area (Å²) >= 11 is 0. The highest BCUT2D eigenvalue weighted by molar-refractivity contribution is 5.46. The van der Waals surface area contributed by atoms with Gasteiger partial charge in [-0.05, 0) is 44.4 Å². The molecule has 108 valence electrons. The molecule has 20 heavy (non-hydrogen) atoms. The van der Waals surface area contributed by atoms with Crippen LogP contribution in [0, 0.1) is 36.5 Å². The molecule has 3 heteroatoms. The fraction of sp³-hybridized carbons (Fsp3) is 0.647. The first kappa shape index (κ1) is 14.8. The second kappa shape index (κ2) is 5.44. The van der Waals surface area contributed by atoms with Crippen LogP contribution in [0.1, 0.15) is 57.0 Å². The fourth-order valence-corrected chi connectivity index (χ4v) is 3.55. The SMILES string of the molecule is Cc1cc(OC2CC(C)CC(C)(C)C2)c(C#N)c(C)n1. The molecule has 1 heterocycles. The molecule has 2 unspecified atom stereocenters. The number of hydrogen-bond acceptors (Lipinski definition) is 3. The van der Waals surface area contributed by atoms with Crippen LogP contribution in [-0.2, 0) is 0 Å². The van der Waals surface area contributed by atoms with Crippen LogP contribution in [0.4, 0.5) is 0 Å². The van der Waals surface area contributed by atoms with Crippen LogP contribution in [0.25, 0.3) is 0 Å². The molecule has 1 aliphatic rings. The van der Waals surface area contributed by atoms with Crippen LogP contribution >= 0.6 is 0 Å². The number of aromatic nitrogens is 1. The average molecular weight is 272 g/mol. The zero-order chi connectivity index (χ0) is 14.9. The van der Waals surface area contributed by atoms with Gasteiger partial charge in [-0.1, -0.05) is 20.8 Å². The standard InChI is InChI=1S/C17H24N2O/c1-11-6-14(9-17(4,5)8-11)20-16-7-12(2)19-13(3)15(16)10-18/h7,11,14H,6,8-9H2,1-5H3. The van der Waals surface area contributed by atoms with E-state index >= 15 is 0 Å². The highest BCUT2D eigenvalue weighted by Gasteiger charge is 2.33. The van der Waals surface area contributed by atoms with Crippen molar-refractivity contribution >= 4 is 0 Å². The van der Waals surface area contributed by atoms with Crippen LogP contribution in [0.5, 0.6) is 5.75 Å². The zero-order valence-corrected chi connectivity index (χ0v) is 13.2. The summed E-state index contributed by atoms with van der Waals surface area (Å²) < 4.78 is 6.18. The van der Waals surface area contributed by atoms with E-state index in [-0.39, 0.29) is 6.10 Å². The van der Waals surface area contributed by atoms with Crippen molar-refractivity contribution < 1.29 is 4.74 Å². The molecule has 1 fully saturated rings. The van der Waals surface area contributed by atoms with E-state index in [0.29, 0.717) is 22.6 Å². The molecule has 0 radical (unpaired) electrons. The molecule has 0 bridgehead atoms. The number of pyridine rings is 1. The zero-order valence-electron chi connectivity index (χ0n) is 13.2. The minimum absolute atomic E-state index is 0.196. The summed E-state index contributed by atoms with van der Waals surface area (Å²) in [7, 11) is 0. The van der Waals surface area contributed by atoms with Crippen LogP contribution < -0.4 is 4.74 Å². The normalized spacial score (nSPS) is 25.0. The summed E-state index contributed by atoms with van der Waals surface area (Å²) in [5.41, 5.74) is 2.54. The summed E-state index contributed by atoms with van der Waals surface area (Å²) in [5, 5.41) is 9.30. The smallest absolute Gasteiger partial charge is 0.141 e. The maximum atomic E-state index is 9.30. The van der Waals surface area contributed by atoms with Crippen LogP contribution in [0.2, 0.25) is 0 Å². The second-order valence-corrected chi connectivity index (χ2v) is 6.99. The molecular formula is C17H24N2O. The van der Waals surface area contributed by atoms with Crippen molar-refractivity contribution in [2.24, 2.45) is 11.3 Å². The van der Waals surface area contributed by atoms with Gasteiger partial charge in [0, 0.05) is 11.8 Å². The van der Waals surface area contributed by atoms with E-state index in [1.54, 1.807) is 0 Å². The van der Waals surface area contributed by atoms with Gasteiger partial charge in [-0.2, -0.15) is 5.26 Å². The number of ether oxygens (including phenoxy) is 1. The molecule has 1 aliphatic carbocycles. The predicted molar refractivity (Wildman–Crippen MR) is 79.6 cm³/mol. The number of nitriles is 1. The van der Waals surface area contributed by atoms with Gasteiger partial charge in [-0.3, -0.25) is 4.98 Å². The maximum absolute atomic E-state index is 9.30. The first-order valence-corrected chi connectivity index (χ1v) is 7.36. The Kier molecular flexibility index (Phi) is 4.04. The molecule has 0 aromatic carbocycles. The highest BCUT2D eigenvalue weighted by atomic mass is 16.5. The quantitative estimate of drug-likeness (QED) is 0.812. The van der Waals surface area contributed by atoms with Gasteiger partial charge in [0.25, 0.3) is 0 Å². The summed E-state index contributed by atoms with van der Waals surface area (Å²) in [6, 6.07) is 4.11. The summed E-state index contributed by atoms with van der Waals surface area (Å²) in [6.07, 6.45) is 3.55. The summed E-state index contributed by atoms with van der Waals surface area (Å²) in [5.74, 6) is 1.37. The lowest BCUT2D eigenvalue weighted by Crippen LogP contribution is -2.34. The first-order valence-electron chi connectivity index (χ1n) is 7.36. The van der Waals surface area contributed by atoms with Gasteiger partial charge in [0.1, 0.15) is 17.4 Å². The molecule has 1 saturated carbocycles. The monoisotopic (exact) mass is 272 g/mol. The van der Waals surface area contributed by atoms with E-state index in [1.165, 1.54) is 6.42 Å². The molecule has 2 atom stereocenters. The van der Waals surface area contributed by atoms with Gasteiger partial charge in [0.2, 0.25) is 0 Å². The molecular weight excluding hydrogens is 248 g/mol. The van der Waals surface area contributed by atoms with Crippen molar-refractivity contribution in [2.45, 2.75) is 60.0 Å². The predicted octanol–water partition coefficient (Wildman–Crippen LogP) is 4.16. The largest absolute Gasteiger partial charge is 0.489 e. The minimum Gasteiger partial charge on any atom is -0.489 e. The lowest BCUT2D eigenvalue weighted by Gasteiger charge is -2.39. The van der Waals surface area contributed by atoms with Gasteiger partial charge < -0.3 is 4.74 Å². The molecule has 0 N–H and O–H groups in total. The van der Waals surface area contributed by atoms with E-state index < -0.39 is 0 Å². The molecule has 1 aromatic heterocycles. The third-order valence-corrected chi connectivity index (χ3v) is 4.04. The molecule has 0 saturated heterocycles. The first-order chi connectivity index (χ1) is 9.30. The topological polar surface area (TPSA) is 45.9 Å². The van der Waals surface area contributed by atoms with Crippen LogP contribution in [-0.4, -0.2) is 11.1 Å². The molecule has 1 aromatic rings. The van der Waals surface area contributed by atoms with Crippen LogP contribution in [0.3, 0.4) is 0 Å². The third-order valence-electron chi connectivity index (χ3n) is 4.04. The van der Waals surface area contributed by atoms with Crippen molar-refractivity contribution in [1.29, 1.82) is 5.26 Å². The fourth-order valence-electron chi connectivity index (χ4n) is 3.55. The Balaban J connectivity index is 2.24. The van der Waals surface area contributed by atoms with Gasteiger partial charge in [0.15, 0.2) is 0 Å². The lowest BCUT2D eigenvalue weighted by atomic mass is 9.71. The van der Waals surface area contributed by atoms with E-state index in [0.717, 1.165) is 24.2 Å². The Morgan fingerprint density at radius 2 is 2.05 bits per heavy atom. The number of rotatable bonds is 2. The minimum atomic E-state index is 0.196. The van der Waals surface area contributed by atoms with Gasteiger partial charge in [-0.15, -0.1) is 0 Å². The third kappa shape index (κ3) is 3.30. The highest BCUT2D eigenvalue weighted by Crippen LogP contribution is 2.40. The molecule has 0 amide bonds. The van der Waals surface area contributed by atoms with E-state index in [9.17, 15) is 5.26 Å². The lowest BCUT2D eigenvalue weighted by molar-refractivity contribution is 0.0559. The van der Waals surface area contributed by atoms with E-state index in [1.807, 2.05) is 19.9 Å². The average Bonchev–Trinajstić information content (AvgIpc) is 2.25. The molecule has 3 nitrogen and oxygen atoms in total. The molecule has 0 spiro atoms. The van der Waals surface area contributed by atoms with Gasteiger partial charge in [0.05, 0.1) is 11.8 Å². The van der Waals surface area contributed by atoms with Crippen molar-refractivity contribution in [1.82, 2.24) is 4.98 Å². The Morgan fingerprint density at radius 3 is 2.65 bits per heavy atom.